The molecule has 0 radical (unpaired) electrons. The lowest BCUT2D eigenvalue weighted by Gasteiger charge is -2.05. The highest BCUT2D eigenvalue weighted by Gasteiger charge is 2.31. The fourth-order valence-electron chi connectivity index (χ4n) is 1.93. The SMILES string of the molecule is O=C(c1ccc(-c2c(Cl)cc(Br)cc2Cl)s1)C1CC1. The van der Waals surface area contributed by atoms with Crippen LogP contribution in [0.3, 0.4) is 0 Å². The van der Waals surface area contributed by atoms with E-state index in [9.17, 15) is 4.79 Å². The molecule has 0 amide bonds. The van der Waals surface area contributed by atoms with E-state index >= 15 is 0 Å². The standard InChI is InChI=1S/C14H9BrCl2OS/c15-8-5-9(16)13(10(17)6-8)11-3-4-12(19-11)14(18)7-1-2-7/h3-7H,1-2H2. The van der Waals surface area contributed by atoms with Crippen molar-refractivity contribution in [2.45, 2.75) is 12.8 Å². The van der Waals surface area contributed by atoms with Crippen molar-refractivity contribution in [3.8, 4) is 10.4 Å². The number of Topliss-reactive ketones (excluding diaryl/α,β-unsaturated/α-hetero) is 1. The van der Waals surface area contributed by atoms with Crippen LogP contribution in [0, 0.1) is 5.92 Å². The maximum atomic E-state index is 12.0. The van der Waals surface area contributed by atoms with Gasteiger partial charge in [0.05, 0.1) is 14.9 Å². The van der Waals surface area contributed by atoms with Gasteiger partial charge in [0, 0.05) is 20.8 Å². The fourth-order valence-corrected chi connectivity index (χ4v) is 4.55. The van der Waals surface area contributed by atoms with Gasteiger partial charge in [-0.15, -0.1) is 11.3 Å². The molecule has 1 aromatic heterocycles. The van der Waals surface area contributed by atoms with E-state index in [0.29, 0.717) is 10.0 Å². The number of carbonyl (C=O) groups excluding carboxylic acids is 1. The molecule has 0 aliphatic heterocycles. The first kappa shape index (κ1) is 13.6. The first-order chi connectivity index (χ1) is 9.06. The summed E-state index contributed by atoms with van der Waals surface area (Å²) in [5, 5.41) is 1.18. The predicted molar refractivity (Wildman–Crippen MR) is 84.5 cm³/mol. The number of benzene rings is 1. The van der Waals surface area contributed by atoms with E-state index in [1.54, 1.807) is 0 Å². The van der Waals surface area contributed by atoms with Crippen LogP contribution >= 0.6 is 50.5 Å². The van der Waals surface area contributed by atoms with Crippen LogP contribution in [0.5, 0.6) is 0 Å². The Balaban J connectivity index is 2.01. The van der Waals surface area contributed by atoms with Gasteiger partial charge >= 0.3 is 0 Å². The number of hydrogen-bond donors (Lipinski definition) is 0. The van der Waals surface area contributed by atoms with Crippen LogP contribution in [0.2, 0.25) is 10.0 Å². The van der Waals surface area contributed by atoms with Gasteiger partial charge in [-0.1, -0.05) is 39.1 Å². The molecule has 0 atom stereocenters. The second kappa shape index (κ2) is 5.21. The Labute approximate surface area is 133 Å². The molecular weight excluding hydrogens is 367 g/mol. The minimum atomic E-state index is 0.238. The molecule has 19 heavy (non-hydrogen) atoms. The summed E-state index contributed by atoms with van der Waals surface area (Å²) < 4.78 is 0.845. The highest BCUT2D eigenvalue weighted by atomic mass is 79.9. The summed E-state index contributed by atoms with van der Waals surface area (Å²) in [6.07, 6.45) is 2.04. The lowest BCUT2D eigenvalue weighted by molar-refractivity contribution is 0.0971. The van der Waals surface area contributed by atoms with Gasteiger partial charge in [0.25, 0.3) is 0 Å². The van der Waals surface area contributed by atoms with Crippen molar-refractivity contribution in [2.24, 2.45) is 5.92 Å². The molecule has 98 valence electrons. The zero-order valence-corrected chi connectivity index (χ0v) is 13.7. The number of halogens is 3. The Morgan fingerprint density at radius 3 is 2.42 bits per heavy atom. The molecule has 5 heteroatoms. The van der Waals surface area contributed by atoms with Gasteiger partial charge < -0.3 is 0 Å². The summed E-state index contributed by atoms with van der Waals surface area (Å²) in [5.41, 5.74) is 0.798. The van der Waals surface area contributed by atoms with Crippen LogP contribution in [-0.4, -0.2) is 5.78 Å². The van der Waals surface area contributed by atoms with Crippen LogP contribution in [0.25, 0.3) is 10.4 Å². The normalized spacial score (nSPS) is 14.7. The summed E-state index contributed by atoms with van der Waals surface area (Å²) in [7, 11) is 0. The van der Waals surface area contributed by atoms with Crippen molar-refractivity contribution >= 4 is 56.3 Å². The largest absolute Gasteiger partial charge is 0.293 e. The van der Waals surface area contributed by atoms with E-state index in [0.717, 1.165) is 32.6 Å². The maximum Gasteiger partial charge on any atom is 0.175 e. The van der Waals surface area contributed by atoms with Crippen LogP contribution in [-0.2, 0) is 0 Å². The van der Waals surface area contributed by atoms with E-state index in [1.165, 1.54) is 11.3 Å². The third-order valence-electron chi connectivity index (χ3n) is 3.05. The van der Waals surface area contributed by atoms with Crippen LogP contribution in [0.1, 0.15) is 22.5 Å². The molecule has 1 heterocycles. The molecule has 1 aliphatic rings. The van der Waals surface area contributed by atoms with Crippen molar-refractivity contribution in [2.75, 3.05) is 0 Å². The molecule has 0 N–H and O–H groups in total. The number of ketones is 1. The van der Waals surface area contributed by atoms with Gasteiger partial charge in [0.15, 0.2) is 5.78 Å². The van der Waals surface area contributed by atoms with Crippen LogP contribution < -0.4 is 0 Å². The van der Waals surface area contributed by atoms with Crippen LogP contribution in [0.4, 0.5) is 0 Å². The fraction of sp³-hybridized carbons (Fsp3) is 0.214. The van der Waals surface area contributed by atoms with Gasteiger partial charge in [-0.3, -0.25) is 4.79 Å². The highest BCUT2D eigenvalue weighted by molar-refractivity contribution is 9.10. The monoisotopic (exact) mass is 374 g/mol. The van der Waals surface area contributed by atoms with Crippen molar-refractivity contribution in [3.63, 3.8) is 0 Å². The van der Waals surface area contributed by atoms with Gasteiger partial charge in [-0.05, 0) is 37.1 Å². The molecular formula is C14H9BrCl2OS. The third kappa shape index (κ3) is 2.75. The maximum absolute atomic E-state index is 12.0. The van der Waals surface area contributed by atoms with Gasteiger partial charge in [-0.25, -0.2) is 0 Å². The molecule has 3 rings (SSSR count). The number of rotatable bonds is 3. The van der Waals surface area contributed by atoms with Gasteiger partial charge in [0.1, 0.15) is 0 Å². The zero-order valence-electron chi connectivity index (χ0n) is 9.75. The molecule has 0 spiro atoms. The summed E-state index contributed by atoms with van der Waals surface area (Å²) in [6.45, 7) is 0. The first-order valence-corrected chi connectivity index (χ1v) is 8.22. The van der Waals surface area contributed by atoms with Crippen LogP contribution in [0.15, 0.2) is 28.7 Å². The summed E-state index contributed by atoms with van der Waals surface area (Å²) in [6, 6.07) is 7.41. The zero-order chi connectivity index (χ0) is 13.6. The minimum absolute atomic E-state index is 0.238. The average molecular weight is 376 g/mol. The average Bonchev–Trinajstić information content (AvgIpc) is 3.07. The highest BCUT2D eigenvalue weighted by Crippen LogP contribution is 2.42. The Kier molecular flexibility index (Phi) is 3.73. The molecule has 0 bridgehead atoms. The lowest BCUT2D eigenvalue weighted by Crippen LogP contribution is -1.96. The van der Waals surface area contributed by atoms with E-state index in [-0.39, 0.29) is 11.7 Å². The first-order valence-electron chi connectivity index (χ1n) is 5.85. The smallest absolute Gasteiger partial charge is 0.175 e. The predicted octanol–water partition coefficient (Wildman–Crippen LogP) is 6.08. The van der Waals surface area contributed by atoms with E-state index in [1.807, 2.05) is 24.3 Å². The van der Waals surface area contributed by atoms with Gasteiger partial charge in [-0.2, -0.15) is 0 Å². The lowest BCUT2D eigenvalue weighted by atomic mass is 10.2. The third-order valence-corrected chi connectivity index (χ3v) is 5.22. The van der Waals surface area contributed by atoms with Gasteiger partial charge in [0.2, 0.25) is 0 Å². The molecule has 2 aromatic rings. The summed E-state index contributed by atoms with van der Waals surface area (Å²) >= 11 is 17.3. The molecule has 1 nitrogen and oxygen atoms in total. The van der Waals surface area contributed by atoms with Crippen molar-refractivity contribution in [1.29, 1.82) is 0 Å². The molecule has 1 aliphatic carbocycles. The van der Waals surface area contributed by atoms with E-state index < -0.39 is 0 Å². The van der Waals surface area contributed by atoms with Crippen molar-refractivity contribution < 1.29 is 4.79 Å². The quantitative estimate of drug-likeness (QED) is 0.594. The molecule has 1 saturated carbocycles. The van der Waals surface area contributed by atoms with E-state index in [2.05, 4.69) is 15.9 Å². The second-order valence-corrected chi connectivity index (χ2v) is 7.36. The second-order valence-electron chi connectivity index (χ2n) is 4.55. The number of carbonyl (C=O) groups is 1. The molecule has 0 saturated heterocycles. The summed E-state index contributed by atoms with van der Waals surface area (Å²) in [4.78, 5) is 13.7. The number of thiophene rings is 1. The molecule has 1 aromatic carbocycles. The van der Waals surface area contributed by atoms with Crippen molar-refractivity contribution in [3.05, 3.63) is 43.7 Å². The number of hydrogen-bond acceptors (Lipinski definition) is 2. The Morgan fingerprint density at radius 1 is 1.21 bits per heavy atom. The van der Waals surface area contributed by atoms with Crippen molar-refractivity contribution in [1.82, 2.24) is 0 Å². The Hall–Kier alpha value is -0.350. The molecule has 0 unspecified atom stereocenters. The molecule has 1 fully saturated rings. The van der Waals surface area contributed by atoms with E-state index in [4.69, 9.17) is 23.2 Å². The Morgan fingerprint density at radius 2 is 1.84 bits per heavy atom. The minimum Gasteiger partial charge on any atom is -0.293 e. The Bertz CT molecular complexity index is 638. The topological polar surface area (TPSA) is 17.1 Å². The summed E-state index contributed by atoms with van der Waals surface area (Å²) in [5.74, 6) is 0.489.